The van der Waals surface area contributed by atoms with Crippen molar-refractivity contribution < 1.29 is 4.74 Å². The van der Waals surface area contributed by atoms with Crippen molar-refractivity contribution in [3.8, 4) is 5.75 Å². The molecule has 0 saturated heterocycles. The zero-order valence-electron chi connectivity index (χ0n) is 10.4. The van der Waals surface area contributed by atoms with Crippen LogP contribution in [0.2, 0.25) is 0 Å². The van der Waals surface area contributed by atoms with Gasteiger partial charge < -0.3 is 9.72 Å². The summed E-state index contributed by atoms with van der Waals surface area (Å²) in [5, 5.41) is 4.32. The number of aromatic nitrogens is 1. The van der Waals surface area contributed by atoms with Crippen LogP contribution < -0.4 is 15.4 Å². The predicted molar refractivity (Wildman–Crippen MR) is 85.0 cm³/mol. The molecule has 4 nitrogen and oxygen atoms in total. The first kappa shape index (κ1) is 13.6. The van der Waals surface area contributed by atoms with E-state index in [4.69, 9.17) is 4.74 Å². The molecule has 2 aromatic rings. The molecule has 1 atom stereocenters. The minimum atomic E-state index is -0.0163. The molecule has 1 aliphatic heterocycles. The van der Waals surface area contributed by atoms with Gasteiger partial charge in [-0.3, -0.25) is 9.88 Å². The highest BCUT2D eigenvalue weighted by Crippen LogP contribution is 2.43. The normalized spacial score (nSPS) is 15.1. The molecule has 0 amide bonds. The van der Waals surface area contributed by atoms with Crippen LogP contribution in [-0.4, -0.2) is 18.3 Å². The van der Waals surface area contributed by atoms with E-state index >= 15 is 0 Å². The third kappa shape index (κ3) is 2.35. The SMILES string of the molecule is CPNCc1[nH]c(=O)c2sc(Br)c3c2c1CCCO3. The Balaban J connectivity index is 2.28. The monoisotopic (exact) mass is 360 g/mol. The summed E-state index contributed by atoms with van der Waals surface area (Å²) in [5.74, 6) is 0.846. The fourth-order valence-corrected chi connectivity index (χ4v) is 4.44. The summed E-state index contributed by atoms with van der Waals surface area (Å²) in [4.78, 5) is 15.2. The maximum atomic E-state index is 12.2. The molecule has 0 spiro atoms. The minimum Gasteiger partial charge on any atom is -0.491 e. The molecule has 0 aliphatic carbocycles. The topological polar surface area (TPSA) is 54.1 Å². The molecule has 1 unspecified atom stereocenters. The van der Waals surface area contributed by atoms with Crippen molar-refractivity contribution in [2.75, 3.05) is 13.3 Å². The molecule has 2 N–H and O–H groups in total. The predicted octanol–water partition coefficient (Wildman–Crippen LogP) is 2.99. The van der Waals surface area contributed by atoms with E-state index in [-0.39, 0.29) is 5.56 Å². The summed E-state index contributed by atoms with van der Waals surface area (Å²) in [6, 6.07) is 0. The van der Waals surface area contributed by atoms with Gasteiger partial charge in [0.05, 0.1) is 6.61 Å². The highest BCUT2D eigenvalue weighted by Gasteiger charge is 2.22. The van der Waals surface area contributed by atoms with E-state index < -0.39 is 0 Å². The number of aromatic amines is 1. The Labute approximate surface area is 124 Å². The zero-order chi connectivity index (χ0) is 13.4. The fraction of sp³-hybridized carbons (Fsp3) is 0.417. The largest absolute Gasteiger partial charge is 0.491 e. The number of aryl methyl sites for hydroxylation is 1. The molecule has 0 bridgehead atoms. The summed E-state index contributed by atoms with van der Waals surface area (Å²) in [6.45, 7) is 3.50. The van der Waals surface area contributed by atoms with Gasteiger partial charge in [-0.15, -0.1) is 11.3 Å². The van der Waals surface area contributed by atoms with Crippen LogP contribution in [0, 0.1) is 0 Å². The molecule has 3 rings (SSSR count). The molecular formula is C12H14BrN2O2PS. The van der Waals surface area contributed by atoms with E-state index in [1.807, 2.05) is 0 Å². The Morgan fingerprint density at radius 2 is 2.42 bits per heavy atom. The van der Waals surface area contributed by atoms with Crippen LogP contribution in [0.4, 0.5) is 0 Å². The molecule has 19 heavy (non-hydrogen) atoms. The summed E-state index contributed by atoms with van der Waals surface area (Å²) in [5.41, 5.74) is 2.22. The number of hydrogen-bond acceptors (Lipinski definition) is 4. The van der Waals surface area contributed by atoms with Crippen molar-refractivity contribution in [1.82, 2.24) is 10.1 Å². The number of H-pyrrole nitrogens is 1. The number of pyridine rings is 1. The summed E-state index contributed by atoms with van der Waals surface area (Å²) >= 11 is 4.97. The average Bonchev–Trinajstić information content (AvgIpc) is 2.61. The van der Waals surface area contributed by atoms with E-state index in [0.29, 0.717) is 21.9 Å². The van der Waals surface area contributed by atoms with Gasteiger partial charge in [0.15, 0.2) is 5.75 Å². The second-order valence-corrected chi connectivity index (χ2v) is 7.57. The van der Waals surface area contributed by atoms with Crippen LogP contribution in [0.15, 0.2) is 8.58 Å². The second-order valence-electron chi connectivity index (χ2n) is 4.38. The standard InChI is InChI=1S/C12H14BrN2O2PS/c1-18-14-5-7-6-3-2-4-17-9-8(6)10(12(16)15-7)19-11(9)13/h14,18H,2-5H2,1H3,(H,15,16). The number of ether oxygens (including phenoxy) is 1. The van der Waals surface area contributed by atoms with Crippen molar-refractivity contribution in [3.05, 3.63) is 25.4 Å². The number of rotatable bonds is 3. The van der Waals surface area contributed by atoms with E-state index in [0.717, 1.165) is 38.2 Å². The lowest BCUT2D eigenvalue weighted by Gasteiger charge is -2.09. The van der Waals surface area contributed by atoms with Gasteiger partial charge in [-0.2, -0.15) is 0 Å². The molecule has 0 fully saturated rings. The van der Waals surface area contributed by atoms with Crippen LogP contribution in [0.3, 0.4) is 0 Å². The first-order chi connectivity index (χ1) is 9.22. The smallest absolute Gasteiger partial charge is 0.266 e. The van der Waals surface area contributed by atoms with Gasteiger partial charge in [-0.1, -0.05) is 8.73 Å². The summed E-state index contributed by atoms with van der Waals surface area (Å²) in [7, 11) is 0.664. The van der Waals surface area contributed by atoms with Gasteiger partial charge >= 0.3 is 0 Å². The average molecular weight is 361 g/mol. The maximum Gasteiger partial charge on any atom is 0.266 e. The minimum absolute atomic E-state index is 0.0163. The van der Waals surface area contributed by atoms with Crippen molar-refractivity contribution in [1.29, 1.82) is 0 Å². The first-order valence-corrected chi connectivity index (χ1v) is 9.21. The second kappa shape index (κ2) is 5.52. The Bertz CT molecular complexity index is 682. The van der Waals surface area contributed by atoms with Crippen LogP contribution in [-0.2, 0) is 13.0 Å². The molecule has 1 aliphatic rings. The van der Waals surface area contributed by atoms with Gasteiger partial charge in [0.1, 0.15) is 8.49 Å². The van der Waals surface area contributed by atoms with Crippen molar-refractivity contribution >= 4 is 46.1 Å². The van der Waals surface area contributed by atoms with E-state index in [1.54, 1.807) is 0 Å². The Hall–Kier alpha value is -0.420. The zero-order valence-corrected chi connectivity index (χ0v) is 13.8. The highest BCUT2D eigenvalue weighted by atomic mass is 79.9. The molecule has 3 heterocycles. The molecule has 2 aromatic heterocycles. The third-order valence-corrected chi connectivity index (χ3v) is 5.55. The van der Waals surface area contributed by atoms with E-state index in [2.05, 4.69) is 32.7 Å². The van der Waals surface area contributed by atoms with Gasteiger partial charge in [-0.05, 0) is 41.0 Å². The molecule has 102 valence electrons. The number of thiophene rings is 1. The molecule has 0 radical (unpaired) electrons. The summed E-state index contributed by atoms with van der Waals surface area (Å²) in [6.07, 6.45) is 1.93. The lowest BCUT2D eigenvalue weighted by Crippen LogP contribution is -2.15. The van der Waals surface area contributed by atoms with Crippen LogP contribution in [0.5, 0.6) is 5.75 Å². The molecular weight excluding hydrogens is 347 g/mol. The van der Waals surface area contributed by atoms with Crippen LogP contribution in [0.25, 0.3) is 10.1 Å². The quantitative estimate of drug-likeness (QED) is 0.827. The lowest BCUT2D eigenvalue weighted by atomic mass is 10.0. The van der Waals surface area contributed by atoms with Gasteiger partial charge in [-0.25, -0.2) is 0 Å². The molecule has 0 aromatic carbocycles. The first-order valence-electron chi connectivity index (χ1n) is 6.10. The molecule has 0 saturated carbocycles. The third-order valence-electron chi connectivity index (χ3n) is 3.22. The highest BCUT2D eigenvalue weighted by molar-refractivity contribution is 9.11. The maximum absolute atomic E-state index is 12.2. The number of halogens is 1. The van der Waals surface area contributed by atoms with Crippen LogP contribution >= 0.6 is 36.0 Å². The van der Waals surface area contributed by atoms with Gasteiger partial charge in [0.25, 0.3) is 5.56 Å². The van der Waals surface area contributed by atoms with Crippen molar-refractivity contribution in [2.24, 2.45) is 0 Å². The number of nitrogens with one attached hydrogen (secondary N) is 2. The van der Waals surface area contributed by atoms with Crippen molar-refractivity contribution in [2.45, 2.75) is 19.4 Å². The van der Waals surface area contributed by atoms with Crippen LogP contribution in [0.1, 0.15) is 17.7 Å². The Morgan fingerprint density at radius 1 is 1.58 bits per heavy atom. The number of hydrogen-bond donors (Lipinski definition) is 2. The Kier molecular flexibility index (Phi) is 3.94. The van der Waals surface area contributed by atoms with Gasteiger partial charge in [0, 0.05) is 17.6 Å². The molecule has 7 heteroatoms. The van der Waals surface area contributed by atoms with Gasteiger partial charge in [0.2, 0.25) is 0 Å². The Morgan fingerprint density at radius 3 is 3.21 bits per heavy atom. The summed E-state index contributed by atoms with van der Waals surface area (Å²) < 4.78 is 7.48. The lowest BCUT2D eigenvalue weighted by molar-refractivity contribution is 0.319. The van der Waals surface area contributed by atoms with E-state index in [1.165, 1.54) is 16.9 Å². The van der Waals surface area contributed by atoms with E-state index in [9.17, 15) is 4.79 Å². The van der Waals surface area contributed by atoms with Crippen molar-refractivity contribution in [3.63, 3.8) is 0 Å². The fourth-order valence-electron chi connectivity index (χ4n) is 2.40.